The molecule has 0 unspecified atom stereocenters. The van der Waals surface area contributed by atoms with Gasteiger partial charge in [-0.1, -0.05) is 42.5 Å². The van der Waals surface area contributed by atoms with Crippen LogP contribution in [0.15, 0.2) is 65.7 Å². The third kappa shape index (κ3) is 1.81. The molecule has 2 aromatic carbocycles. The summed E-state index contributed by atoms with van der Waals surface area (Å²) in [4.78, 5) is 0.310. The Morgan fingerprint density at radius 3 is 2.48 bits per heavy atom. The van der Waals surface area contributed by atoms with Gasteiger partial charge in [-0.25, -0.2) is 13.1 Å². The van der Waals surface area contributed by atoms with Gasteiger partial charge in [0.05, 0.1) is 23.3 Å². The van der Waals surface area contributed by atoms with E-state index in [2.05, 4.69) is 5.10 Å². The fourth-order valence-corrected chi connectivity index (χ4v) is 4.25. The number of benzene rings is 2. The lowest BCUT2D eigenvalue weighted by molar-refractivity contribution is 0.594. The second-order valence-corrected chi connectivity index (χ2v) is 6.98. The number of hydrogen-bond donors (Lipinski definition) is 0. The first-order chi connectivity index (χ1) is 10.2. The molecule has 1 aliphatic heterocycles. The van der Waals surface area contributed by atoms with E-state index in [1.807, 2.05) is 54.6 Å². The lowest BCUT2D eigenvalue weighted by Gasteiger charge is -2.18. The van der Waals surface area contributed by atoms with Gasteiger partial charge in [0, 0.05) is 5.56 Å². The van der Waals surface area contributed by atoms with Gasteiger partial charge in [0.1, 0.15) is 4.90 Å². The third-order valence-electron chi connectivity index (χ3n) is 3.69. The Hall–Kier alpha value is -2.40. The maximum atomic E-state index is 12.4. The van der Waals surface area contributed by atoms with E-state index in [1.54, 1.807) is 4.68 Å². The molecule has 5 heteroatoms. The Kier molecular flexibility index (Phi) is 2.53. The van der Waals surface area contributed by atoms with Crippen LogP contribution >= 0.6 is 0 Å². The highest BCUT2D eigenvalue weighted by molar-refractivity contribution is 7.90. The molecule has 21 heavy (non-hydrogen) atoms. The van der Waals surface area contributed by atoms with E-state index >= 15 is 0 Å². The number of aromatic nitrogens is 2. The highest BCUT2D eigenvalue weighted by atomic mass is 32.2. The summed E-state index contributed by atoms with van der Waals surface area (Å²) in [5.74, 6) is 0.0383. The molecule has 0 fully saturated rings. The number of sulfone groups is 1. The first-order valence-electron chi connectivity index (χ1n) is 6.61. The Balaban J connectivity index is 2.07. The zero-order valence-electron chi connectivity index (χ0n) is 11.1. The zero-order valence-corrected chi connectivity index (χ0v) is 11.9. The van der Waals surface area contributed by atoms with Gasteiger partial charge in [-0.05, 0) is 17.7 Å². The fourth-order valence-electron chi connectivity index (χ4n) is 2.73. The van der Waals surface area contributed by atoms with Crippen LogP contribution in [-0.4, -0.2) is 18.2 Å². The van der Waals surface area contributed by atoms with Crippen molar-refractivity contribution in [2.24, 2.45) is 0 Å². The van der Waals surface area contributed by atoms with Crippen LogP contribution in [0, 0.1) is 0 Å². The van der Waals surface area contributed by atoms with Gasteiger partial charge in [-0.2, -0.15) is 5.10 Å². The quantitative estimate of drug-likeness (QED) is 0.694. The van der Waals surface area contributed by atoms with Gasteiger partial charge in [-0.3, -0.25) is 0 Å². The van der Waals surface area contributed by atoms with Crippen LogP contribution < -0.4 is 0 Å². The summed E-state index contributed by atoms with van der Waals surface area (Å²) in [6.07, 6.45) is 1.45. The minimum absolute atomic E-state index is 0.0383. The zero-order chi connectivity index (χ0) is 14.4. The van der Waals surface area contributed by atoms with Gasteiger partial charge >= 0.3 is 0 Å². The first kappa shape index (κ1) is 12.3. The molecular weight excluding hydrogens is 284 g/mol. The molecule has 0 N–H and O–H groups in total. The topological polar surface area (TPSA) is 52.0 Å². The van der Waals surface area contributed by atoms with Crippen LogP contribution in [0.5, 0.6) is 0 Å². The molecule has 0 spiro atoms. The Morgan fingerprint density at radius 2 is 1.67 bits per heavy atom. The Bertz CT molecular complexity index is 928. The molecule has 0 radical (unpaired) electrons. The van der Waals surface area contributed by atoms with Crippen LogP contribution in [0.3, 0.4) is 0 Å². The molecule has 4 nitrogen and oxygen atoms in total. The van der Waals surface area contributed by atoms with Gasteiger partial charge in [0.2, 0.25) is 0 Å². The van der Waals surface area contributed by atoms with E-state index in [4.69, 9.17) is 0 Å². The summed E-state index contributed by atoms with van der Waals surface area (Å²) in [7, 11) is -3.33. The molecule has 1 aromatic heterocycles. The predicted molar refractivity (Wildman–Crippen MR) is 79.9 cm³/mol. The van der Waals surface area contributed by atoms with Crippen molar-refractivity contribution in [1.29, 1.82) is 0 Å². The molecule has 104 valence electrons. The molecule has 4 rings (SSSR count). The van der Waals surface area contributed by atoms with Crippen LogP contribution in [0.4, 0.5) is 0 Å². The summed E-state index contributed by atoms with van der Waals surface area (Å²) in [5, 5.41) is 4.30. The predicted octanol–water partition coefficient (Wildman–Crippen LogP) is 2.83. The maximum Gasteiger partial charge on any atom is 0.186 e. The second-order valence-electron chi connectivity index (χ2n) is 5.02. The van der Waals surface area contributed by atoms with Crippen LogP contribution in [0.1, 0.15) is 5.56 Å². The number of fused-ring (bicyclic) bond motifs is 3. The highest BCUT2D eigenvalue weighted by Gasteiger charge is 2.31. The van der Waals surface area contributed by atoms with Crippen LogP contribution in [-0.2, 0) is 15.6 Å². The molecule has 3 aromatic rings. The minimum atomic E-state index is -3.33. The Labute approximate surface area is 122 Å². The van der Waals surface area contributed by atoms with Gasteiger partial charge < -0.3 is 0 Å². The number of para-hydroxylation sites is 1. The minimum Gasteiger partial charge on any atom is -0.232 e. The van der Waals surface area contributed by atoms with E-state index in [0.717, 1.165) is 16.8 Å². The number of rotatable bonds is 1. The Morgan fingerprint density at radius 1 is 0.952 bits per heavy atom. The average Bonchev–Trinajstić information content (AvgIpc) is 2.94. The van der Waals surface area contributed by atoms with E-state index < -0.39 is 9.84 Å². The first-order valence-corrected chi connectivity index (χ1v) is 8.26. The SMILES string of the molecule is O=S1(=O)Cc2ccccc2-c2c1cnn2-c1ccccc1. The summed E-state index contributed by atoms with van der Waals surface area (Å²) >= 11 is 0. The molecular formula is C16H12N2O2S. The van der Waals surface area contributed by atoms with Crippen molar-refractivity contribution >= 4 is 9.84 Å². The van der Waals surface area contributed by atoms with Crippen LogP contribution in [0.25, 0.3) is 16.9 Å². The van der Waals surface area contributed by atoms with Crippen molar-refractivity contribution in [2.45, 2.75) is 10.6 Å². The molecule has 0 amide bonds. The van der Waals surface area contributed by atoms with Crippen molar-refractivity contribution in [1.82, 2.24) is 9.78 Å². The molecule has 1 aliphatic rings. The smallest absolute Gasteiger partial charge is 0.186 e. The summed E-state index contributed by atoms with van der Waals surface area (Å²) in [6.45, 7) is 0. The molecule has 0 saturated carbocycles. The van der Waals surface area contributed by atoms with Crippen molar-refractivity contribution in [3.05, 3.63) is 66.4 Å². The second kappa shape index (κ2) is 4.30. The lowest BCUT2D eigenvalue weighted by atomic mass is 10.1. The van der Waals surface area contributed by atoms with Crippen molar-refractivity contribution in [3.63, 3.8) is 0 Å². The van der Waals surface area contributed by atoms with E-state index in [-0.39, 0.29) is 5.75 Å². The van der Waals surface area contributed by atoms with Crippen molar-refractivity contribution < 1.29 is 8.42 Å². The van der Waals surface area contributed by atoms with E-state index in [9.17, 15) is 8.42 Å². The average molecular weight is 296 g/mol. The van der Waals surface area contributed by atoms with Gasteiger partial charge in [0.25, 0.3) is 0 Å². The normalized spacial score (nSPS) is 15.2. The van der Waals surface area contributed by atoms with Crippen LogP contribution in [0.2, 0.25) is 0 Å². The molecule has 2 heterocycles. The molecule has 0 saturated heterocycles. The lowest BCUT2D eigenvalue weighted by Crippen LogP contribution is -2.13. The number of hydrogen-bond acceptors (Lipinski definition) is 3. The van der Waals surface area contributed by atoms with Gasteiger partial charge in [0.15, 0.2) is 9.84 Å². The summed E-state index contributed by atoms with van der Waals surface area (Å²) in [6, 6.07) is 17.2. The van der Waals surface area contributed by atoms with E-state index in [1.165, 1.54) is 6.20 Å². The summed E-state index contributed by atoms with van der Waals surface area (Å²) < 4.78 is 26.6. The molecule has 0 aliphatic carbocycles. The molecule has 0 atom stereocenters. The largest absolute Gasteiger partial charge is 0.232 e. The maximum absolute atomic E-state index is 12.4. The molecule has 0 bridgehead atoms. The van der Waals surface area contributed by atoms with Gasteiger partial charge in [-0.15, -0.1) is 0 Å². The standard InChI is InChI=1S/C16H12N2O2S/c19-21(20)11-12-6-4-5-9-14(12)16-15(21)10-17-18(16)13-7-2-1-3-8-13/h1-10H,11H2. The number of nitrogens with zero attached hydrogens (tertiary/aromatic N) is 2. The van der Waals surface area contributed by atoms with Crippen molar-refractivity contribution in [3.8, 4) is 16.9 Å². The van der Waals surface area contributed by atoms with E-state index in [0.29, 0.717) is 10.6 Å². The monoisotopic (exact) mass is 296 g/mol. The fraction of sp³-hybridized carbons (Fsp3) is 0.0625. The highest BCUT2D eigenvalue weighted by Crippen LogP contribution is 2.38. The van der Waals surface area contributed by atoms with Crippen molar-refractivity contribution in [2.75, 3.05) is 0 Å². The summed E-state index contributed by atoms with van der Waals surface area (Å²) in [5.41, 5.74) is 3.26. The third-order valence-corrected chi connectivity index (χ3v) is 5.35.